The van der Waals surface area contributed by atoms with E-state index in [1.165, 1.54) is 5.56 Å². The zero-order valence-electron chi connectivity index (χ0n) is 23.7. The molecule has 2 aromatic carbocycles. The van der Waals surface area contributed by atoms with Gasteiger partial charge in [0.1, 0.15) is 11.5 Å². The number of pyridine rings is 1. The van der Waals surface area contributed by atoms with Gasteiger partial charge in [-0.25, -0.2) is 4.98 Å². The van der Waals surface area contributed by atoms with Gasteiger partial charge < -0.3 is 14.2 Å². The molecule has 0 amide bonds. The summed E-state index contributed by atoms with van der Waals surface area (Å²) in [7, 11) is 1.69. The van der Waals surface area contributed by atoms with E-state index >= 15 is 0 Å². The van der Waals surface area contributed by atoms with Crippen molar-refractivity contribution in [1.29, 1.82) is 0 Å². The van der Waals surface area contributed by atoms with Crippen LogP contribution in [0.1, 0.15) is 96.2 Å². The van der Waals surface area contributed by atoms with E-state index in [9.17, 15) is 0 Å². The fourth-order valence-electron chi connectivity index (χ4n) is 4.74. The summed E-state index contributed by atoms with van der Waals surface area (Å²) in [6.45, 7) is 19.9. The highest BCUT2D eigenvalue weighted by Crippen LogP contribution is 2.43. The van der Waals surface area contributed by atoms with Gasteiger partial charge in [-0.15, -0.1) is 0 Å². The first kappa shape index (κ1) is 27.6. The molecule has 0 unspecified atom stereocenters. The van der Waals surface area contributed by atoms with Gasteiger partial charge in [0.05, 0.1) is 25.5 Å². The highest BCUT2D eigenvalue weighted by Gasteiger charge is 2.33. The van der Waals surface area contributed by atoms with Crippen molar-refractivity contribution in [3.8, 4) is 17.4 Å². The predicted molar refractivity (Wildman–Crippen MR) is 149 cm³/mol. The average Bonchev–Trinajstić information content (AvgIpc) is 2.83. The molecule has 0 aliphatic carbocycles. The summed E-state index contributed by atoms with van der Waals surface area (Å²) in [6, 6.07) is 19.2. The molecular formula is C32H43NO3. The van der Waals surface area contributed by atoms with Crippen LogP contribution in [0.25, 0.3) is 0 Å². The molecule has 0 spiro atoms. The molecule has 194 valence electrons. The second kappa shape index (κ2) is 10.9. The molecule has 0 radical (unpaired) electrons. The SMILES string of the molecule is CCOc1cc(C(C)(C)c2ccccc2OC(C)C)ccc1C(C)(C)c1ccc(C(C)C)c(OC)n1. The third-order valence-electron chi connectivity index (χ3n) is 6.94. The number of nitrogens with zero attached hydrogens (tertiary/aromatic N) is 1. The Morgan fingerprint density at radius 2 is 1.47 bits per heavy atom. The van der Waals surface area contributed by atoms with Gasteiger partial charge in [-0.1, -0.05) is 77.9 Å². The Bertz CT molecular complexity index is 1180. The number of aromatic nitrogens is 1. The minimum Gasteiger partial charge on any atom is -0.494 e. The number of hydrogen-bond acceptors (Lipinski definition) is 4. The zero-order valence-corrected chi connectivity index (χ0v) is 23.7. The molecule has 0 fully saturated rings. The number of rotatable bonds is 10. The van der Waals surface area contributed by atoms with Crippen LogP contribution in [0.4, 0.5) is 0 Å². The molecule has 3 aromatic rings. The summed E-state index contributed by atoms with van der Waals surface area (Å²) in [5, 5.41) is 0. The van der Waals surface area contributed by atoms with Crippen LogP contribution in [0, 0.1) is 0 Å². The normalized spacial score (nSPS) is 12.2. The lowest BCUT2D eigenvalue weighted by molar-refractivity contribution is 0.237. The highest BCUT2D eigenvalue weighted by atomic mass is 16.5. The van der Waals surface area contributed by atoms with Crippen LogP contribution in [-0.2, 0) is 10.8 Å². The van der Waals surface area contributed by atoms with E-state index in [0.717, 1.165) is 33.9 Å². The largest absolute Gasteiger partial charge is 0.494 e. The standard InChI is InChI=1S/C32H43NO3/c1-11-35-28-20-23(31(6,7)25-14-12-13-15-27(25)36-22(4)5)16-18-26(28)32(8,9)29-19-17-24(21(2)3)30(33-29)34-10/h12-22H,11H2,1-10H3. The third kappa shape index (κ3) is 5.53. The minimum atomic E-state index is -0.380. The zero-order chi connectivity index (χ0) is 26.7. The van der Waals surface area contributed by atoms with E-state index in [-0.39, 0.29) is 16.9 Å². The van der Waals surface area contributed by atoms with Crippen molar-refractivity contribution in [2.24, 2.45) is 0 Å². The first-order chi connectivity index (χ1) is 16.9. The van der Waals surface area contributed by atoms with Gasteiger partial charge in [0, 0.05) is 27.5 Å². The van der Waals surface area contributed by atoms with Crippen molar-refractivity contribution in [3.05, 3.63) is 82.5 Å². The predicted octanol–water partition coefficient (Wildman–Crippen LogP) is 8.05. The summed E-state index contributed by atoms with van der Waals surface area (Å²) in [5.74, 6) is 2.83. The quantitative estimate of drug-likeness (QED) is 0.289. The number of para-hydroxylation sites is 1. The van der Waals surface area contributed by atoms with Crippen LogP contribution in [-0.4, -0.2) is 24.8 Å². The summed E-state index contributed by atoms with van der Waals surface area (Å²) in [4.78, 5) is 4.93. The lowest BCUT2D eigenvalue weighted by atomic mass is 9.75. The van der Waals surface area contributed by atoms with E-state index in [2.05, 4.69) is 104 Å². The molecule has 1 aromatic heterocycles. The van der Waals surface area contributed by atoms with Crippen molar-refractivity contribution in [2.45, 2.75) is 85.2 Å². The molecule has 1 heterocycles. The highest BCUT2D eigenvalue weighted by molar-refractivity contribution is 5.52. The van der Waals surface area contributed by atoms with Crippen molar-refractivity contribution in [2.75, 3.05) is 13.7 Å². The second-order valence-corrected chi connectivity index (χ2v) is 11.0. The number of benzene rings is 2. The van der Waals surface area contributed by atoms with Crippen molar-refractivity contribution >= 4 is 0 Å². The third-order valence-corrected chi connectivity index (χ3v) is 6.94. The molecule has 0 aliphatic heterocycles. The maximum Gasteiger partial charge on any atom is 0.216 e. The summed E-state index contributed by atoms with van der Waals surface area (Å²) in [6.07, 6.45) is 0.107. The van der Waals surface area contributed by atoms with Gasteiger partial charge >= 0.3 is 0 Å². The first-order valence-electron chi connectivity index (χ1n) is 13.0. The molecule has 0 bridgehead atoms. The smallest absolute Gasteiger partial charge is 0.216 e. The fraction of sp³-hybridized carbons (Fsp3) is 0.469. The van der Waals surface area contributed by atoms with Gasteiger partial charge in [-0.3, -0.25) is 0 Å². The Balaban J connectivity index is 2.10. The van der Waals surface area contributed by atoms with Crippen LogP contribution < -0.4 is 14.2 Å². The van der Waals surface area contributed by atoms with Gasteiger partial charge in [0.25, 0.3) is 0 Å². The number of methoxy groups -OCH3 is 1. The van der Waals surface area contributed by atoms with Crippen molar-refractivity contribution in [3.63, 3.8) is 0 Å². The van der Waals surface area contributed by atoms with E-state index in [1.807, 2.05) is 13.0 Å². The Morgan fingerprint density at radius 1 is 0.806 bits per heavy atom. The molecule has 4 heteroatoms. The summed E-state index contributed by atoms with van der Waals surface area (Å²) < 4.78 is 18.1. The summed E-state index contributed by atoms with van der Waals surface area (Å²) in [5.41, 5.74) is 4.83. The molecule has 36 heavy (non-hydrogen) atoms. The van der Waals surface area contributed by atoms with Crippen molar-refractivity contribution < 1.29 is 14.2 Å². The Hall–Kier alpha value is -3.01. The molecule has 0 atom stereocenters. The van der Waals surface area contributed by atoms with Gasteiger partial charge in [0.2, 0.25) is 5.88 Å². The summed E-state index contributed by atoms with van der Waals surface area (Å²) >= 11 is 0. The number of ether oxygens (including phenoxy) is 3. The molecular weight excluding hydrogens is 446 g/mol. The molecule has 0 N–H and O–H groups in total. The number of hydrogen-bond donors (Lipinski definition) is 0. The van der Waals surface area contributed by atoms with E-state index in [4.69, 9.17) is 19.2 Å². The van der Waals surface area contributed by atoms with Crippen LogP contribution in [0.15, 0.2) is 54.6 Å². The molecule has 4 nitrogen and oxygen atoms in total. The average molecular weight is 490 g/mol. The minimum absolute atomic E-state index is 0.107. The molecule has 0 aliphatic rings. The van der Waals surface area contributed by atoms with Crippen LogP contribution in [0.5, 0.6) is 17.4 Å². The second-order valence-electron chi connectivity index (χ2n) is 11.0. The monoisotopic (exact) mass is 489 g/mol. The topological polar surface area (TPSA) is 40.6 Å². The molecule has 0 saturated carbocycles. The fourth-order valence-corrected chi connectivity index (χ4v) is 4.74. The van der Waals surface area contributed by atoms with Crippen LogP contribution in [0.3, 0.4) is 0 Å². The van der Waals surface area contributed by atoms with Gasteiger partial charge in [0.15, 0.2) is 0 Å². The lowest BCUT2D eigenvalue weighted by Crippen LogP contribution is -2.25. The van der Waals surface area contributed by atoms with E-state index in [0.29, 0.717) is 18.4 Å². The molecule has 3 rings (SSSR count). The van der Waals surface area contributed by atoms with E-state index < -0.39 is 0 Å². The molecule has 0 saturated heterocycles. The van der Waals surface area contributed by atoms with Gasteiger partial charge in [-0.2, -0.15) is 0 Å². The first-order valence-corrected chi connectivity index (χ1v) is 13.0. The Kier molecular flexibility index (Phi) is 8.38. The lowest BCUT2D eigenvalue weighted by Gasteiger charge is -2.32. The van der Waals surface area contributed by atoms with Crippen LogP contribution >= 0.6 is 0 Å². The Morgan fingerprint density at radius 3 is 2.08 bits per heavy atom. The Labute approximate surface area is 218 Å². The maximum atomic E-state index is 6.24. The van der Waals surface area contributed by atoms with Crippen molar-refractivity contribution in [1.82, 2.24) is 4.98 Å². The van der Waals surface area contributed by atoms with E-state index in [1.54, 1.807) is 7.11 Å². The van der Waals surface area contributed by atoms with Crippen LogP contribution in [0.2, 0.25) is 0 Å². The van der Waals surface area contributed by atoms with Gasteiger partial charge in [-0.05, 0) is 50.5 Å². The maximum absolute atomic E-state index is 6.24.